The number of carbonyl (C=O) groups is 1. The fraction of sp³-hybridized carbons (Fsp3) is 0.483. The third-order valence-corrected chi connectivity index (χ3v) is 7.55. The van der Waals surface area contributed by atoms with Gasteiger partial charge in [0.05, 0.1) is 23.4 Å². The van der Waals surface area contributed by atoms with Crippen molar-refractivity contribution in [3.05, 3.63) is 75.9 Å². The first kappa shape index (κ1) is 27.2. The molecule has 1 aliphatic heterocycles. The van der Waals surface area contributed by atoms with E-state index in [1.54, 1.807) is 18.2 Å². The van der Waals surface area contributed by atoms with Crippen LogP contribution in [0.15, 0.2) is 36.9 Å². The average molecular weight is 517 g/mol. The average Bonchev–Trinajstić information content (AvgIpc) is 2.85. The van der Waals surface area contributed by atoms with Crippen LogP contribution in [0.1, 0.15) is 95.1 Å². The number of nitrogens with one attached hydrogen (secondary N) is 1. The van der Waals surface area contributed by atoms with Gasteiger partial charge in [-0.1, -0.05) is 57.0 Å². The lowest BCUT2D eigenvalue weighted by molar-refractivity contribution is -0.138. The van der Waals surface area contributed by atoms with Crippen molar-refractivity contribution in [1.29, 1.82) is 0 Å². The summed E-state index contributed by atoms with van der Waals surface area (Å²) in [7, 11) is 0. The molecule has 2 aromatic rings. The third-order valence-electron chi connectivity index (χ3n) is 7.55. The molecule has 1 saturated carbocycles. The summed E-state index contributed by atoms with van der Waals surface area (Å²) in [4.78, 5) is 20.0. The SMILES string of the molecule is C=C(NOCc1ccc(C2CCCCC2)c(C(F)(F)F)c1)c1ccc(CN2CCC2)c(CC)c1C(=O)O. The summed E-state index contributed by atoms with van der Waals surface area (Å²) in [5.41, 5.74) is 5.38. The standard InChI is InChI=1S/C29H35F3N2O3/c1-3-23-22(17-34-14-7-15-34)11-13-24(27(23)28(35)36)19(2)33-37-18-20-10-12-25(21-8-5-4-6-9-21)26(16-20)29(30,31)32/h10-13,16,21,33H,2-9,14-15,17-18H2,1H3,(H,35,36). The molecule has 4 rings (SSSR count). The van der Waals surface area contributed by atoms with Gasteiger partial charge in [0.15, 0.2) is 0 Å². The second kappa shape index (κ2) is 11.7. The van der Waals surface area contributed by atoms with Crippen molar-refractivity contribution in [2.45, 2.75) is 77.1 Å². The molecule has 8 heteroatoms. The molecule has 0 bridgehead atoms. The van der Waals surface area contributed by atoms with Crippen molar-refractivity contribution in [1.82, 2.24) is 10.4 Å². The van der Waals surface area contributed by atoms with Crippen molar-refractivity contribution >= 4 is 11.7 Å². The van der Waals surface area contributed by atoms with Crippen LogP contribution in [-0.2, 0) is 30.6 Å². The smallest absolute Gasteiger partial charge is 0.416 e. The van der Waals surface area contributed by atoms with E-state index in [1.165, 1.54) is 0 Å². The highest BCUT2D eigenvalue weighted by atomic mass is 19.4. The first-order valence-electron chi connectivity index (χ1n) is 13.1. The van der Waals surface area contributed by atoms with Gasteiger partial charge in [0.1, 0.15) is 0 Å². The molecule has 200 valence electrons. The molecule has 0 amide bonds. The zero-order chi connectivity index (χ0) is 26.6. The molecule has 5 nitrogen and oxygen atoms in total. The normalized spacial score (nSPS) is 16.9. The van der Waals surface area contributed by atoms with Gasteiger partial charge in [0.25, 0.3) is 0 Å². The first-order chi connectivity index (χ1) is 17.7. The highest BCUT2D eigenvalue weighted by Crippen LogP contribution is 2.41. The van der Waals surface area contributed by atoms with E-state index in [-0.39, 0.29) is 23.8 Å². The number of alkyl halides is 3. The topological polar surface area (TPSA) is 61.8 Å². The maximum atomic E-state index is 13.9. The number of rotatable bonds is 10. The lowest BCUT2D eigenvalue weighted by atomic mass is 9.81. The molecule has 1 aliphatic carbocycles. The quantitative estimate of drug-likeness (QED) is 0.336. The Morgan fingerprint density at radius 2 is 1.86 bits per heavy atom. The van der Waals surface area contributed by atoms with Gasteiger partial charge in [-0.15, -0.1) is 0 Å². The van der Waals surface area contributed by atoms with Crippen molar-refractivity contribution in [3.8, 4) is 0 Å². The number of aromatic carboxylic acids is 1. The van der Waals surface area contributed by atoms with E-state index in [1.807, 2.05) is 13.0 Å². The molecule has 0 atom stereocenters. The number of benzene rings is 2. The number of hydroxylamine groups is 1. The predicted octanol–water partition coefficient (Wildman–Crippen LogP) is 6.91. The molecular formula is C29H35F3N2O3. The molecule has 2 fully saturated rings. The van der Waals surface area contributed by atoms with Crippen LogP contribution < -0.4 is 5.48 Å². The summed E-state index contributed by atoms with van der Waals surface area (Å²) >= 11 is 0. The Kier molecular flexibility index (Phi) is 8.60. The van der Waals surface area contributed by atoms with Gasteiger partial charge in [0.2, 0.25) is 0 Å². The van der Waals surface area contributed by atoms with E-state index in [0.29, 0.717) is 29.7 Å². The Morgan fingerprint density at radius 3 is 2.46 bits per heavy atom. The number of nitrogens with zero attached hydrogens (tertiary/aromatic N) is 1. The van der Waals surface area contributed by atoms with Crippen LogP contribution in [0.3, 0.4) is 0 Å². The lowest BCUT2D eigenvalue weighted by Gasteiger charge is -2.31. The summed E-state index contributed by atoms with van der Waals surface area (Å²) in [6.07, 6.45) is 1.81. The summed E-state index contributed by atoms with van der Waals surface area (Å²) in [6, 6.07) is 8.06. The van der Waals surface area contributed by atoms with Crippen LogP contribution in [-0.4, -0.2) is 29.1 Å². The van der Waals surface area contributed by atoms with Crippen LogP contribution in [0.5, 0.6) is 0 Å². The second-order valence-electron chi connectivity index (χ2n) is 10.0. The summed E-state index contributed by atoms with van der Waals surface area (Å²) in [5, 5.41) is 9.97. The fourth-order valence-corrected chi connectivity index (χ4v) is 5.49. The molecule has 2 N–H and O–H groups in total. The van der Waals surface area contributed by atoms with Crippen molar-refractivity contribution < 1.29 is 27.9 Å². The molecule has 0 radical (unpaired) electrons. The number of halogens is 3. The lowest BCUT2D eigenvalue weighted by Crippen LogP contribution is -2.36. The van der Waals surface area contributed by atoms with Gasteiger partial charge in [-0.3, -0.25) is 15.2 Å². The van der Waals surface area contributed by atoms with Crippen LogP contribution in [0.2, 0.25) is 0 Å². The largest absolute Gasteiger partial charge is 0.478 e. The van der Waals surface area contributed by atoms with Crippen molar-refractivity contribution in [3.63, 3.8) is 0 Å². The molecule has 1 heterocycles. The summed E-state index contributed by atoms with van der Waals surface area (Å²) in [6.45, 7) is 8.46. The number of carboxylic acids is 1. The monoisotopic (exact) mass is 516 g/mol. The van der Waals surface area contributed by atoms with Gasteiger partial charge < -0.3 is 5.11 Å². The fourth-order valence-electron chi connectivity index (χ4n) is 5.49. The van der Waals surface area contributed by atoms with Gasteiger partial charge in [0, 0.05) is 12.1 Å². The molecule has 0 spiro atoms. The maximum absolute atomic E-state index is 13.9. The molecule has 37 heavy (non-hydrogen) atoms. The minimum Gasteiger partial charge on any atom is -0.478 e. The number of likely N-dealkylation sites (tertiary alicyclic amines) is 1. The zero-order valence-electron chi connectivity index (χ0n) is 21.3. The molecule has 2 aliphatic rings. The third kappa shape index (κ3) is 6.36. The highest BCUT2D eigenvalue weighted by Gasteiger charge is 2.35. The molecule has 0 unspecified atom stereocenters. The number of hydrogen-bond donors (Lipinski definition) is 2. The minimum atomic E-state index is -4.44. The van der Waals surface area contributed by atoms with Gasteiger partial charge in [-0.25, -0.2) is 4.79 Å². The second-order valence-corrected chi connectivity index (χ2v) is 10.0. The van der Waals surface area contributed by atoms with Gasteiger partial charge >= 0.3 is 12.1 Å². The van der Waals surface area contributed by atoms with Crippen LogP contribution in [0.4, 0.5) is 13.2 Å². The van der Waals surface area contributed by atoms with Crippen LogP contribution in [0.25, 0.3) is 5.70 Å². The van der Waals surface area contributed by atoms with Gasteiger partial charge in [-0.2, -0.15) is 13.2 Å². The van der Waals surface area contributed by atoms with E-state index in [9.17, 15) is 23.1 Å². The Bertz CT molecular complexity index is 1140. The van der Waals surface area contributed by atoms with E-state index in [0.717, 1.165) is 68.8 Å². The Hall–Kier alpha value is -2.84. The summed E-state index contributed by atoms with van der Waals surface area (Å²) < 4.78 is 41.6. The van der Waals surface area contributed by atoms with E-state index in [4.69, 9.17) is 4.84 Å². The van der Waals surface area contributed by atoms with E-state index >= 15 is 0 Å². The van der Waals surface area contributed by atoms with Crippen molar-refractivity contribution in [2.24, 2.45) is 0 Å². The predicted molar refractivity (Wildman–Crippen MR) is 137 cm³/mol. The maximum Gasteiger partial charge on any atom is 0.416 e. The number of carboxylic acid groups (broad SMARTS) is 1. The molecule has 1 saturated heterocycles. The molecule has 0 aromatic heterocycles. The Balaban J connectivity index is 1.47. The van der Waals surface area contributed by atoms with Crippen LogP contribution in [0, 0.1) is 0 Å². The zero-order valence-corrected chi connectivity index (χ0v) is 21.3. The van der Waals surface area contributed by atoms with E-state index < -0.39 is 17.7 Å². The van der Waals surface area contributed by atoms with E-state index in [2.05, 4.69) is 17.0 Å². The highest BCUT2D eigenvalue weighted by molar-refractivity contribution is 5.95. The van der Waals surface area contributed by atoms with Crippen LogP contribution >= 0.6 is 0 Å². The summed E-state index contributed by atoms with van der Waals surface area (Å²) in [5.74, 6) is -1.11. The Labute approximate surface area is 216 Å². The molecular weight excluding hydrogens is 481 g/mol. The minimum absolute atomic E-state index is 0.0653. The molecule has 2 aromatic carbocycles. The number of hydrogen-bond acceptors (Lipinski definition) is 4. The van der Waals surface area contributed by atoms with Crippen molar-refractivity contribution in [2.75, 3.05) is 13.1 Å². The first-order valence-corrected chi connectivity index (χ1v) is 13.1. The Morgan fingerprint density at radius 1 is 1.14 bits per heavy atom. The van der Waals surface area contributed by atoms with Gasteiger partial charge in [-0.05, 0) is 73.0 Å².